The zero-order valence-corrected chi connectivity index (χ0v) is 12.0. The summed E-state index contributed by atoms with van der Waals surface area (Å²) in [5, 5.41) is 60.7. The molecule has 20 heavy (non-hydrogen) atoms. The molecule has 6 N–H and O–H groups in total. The summed E-state index contributed by atoms with van der Waals surface area (Å²) < 4.78 is 0. The predicted molar refractivity (Wildman–Crippen MR) is 70.5 cm³/mol. The van der Waals surface area contributed by atoms with Crippen LogP contribution in [0.5, 0.6) is 0 Å². The molecule has 2 saturated carbocycles. The molecule has 0 aromatic carbocycles. The van der Waals surface area contributed by atoms with Crippen LogP contribution in [0.25, 0.3) is 0 Å². The van der Waals surface area contributed by atoms with Crippen LogP contribution in [-0.4, -0.2) is 67.3 Å². The van der Waals surface area contributed by atoms with Gasteiger partial charge in [0.25, 0.3) is 0 Å². The van der Waals surface area contributed by atoms with Crippen molar-refractivity contribution < 1.29 is 30.6 Å². The Morgan fingerprint density at radius 3 is 1.50 bits per heavy atom. The van der Waals surface area contributed by atoms with Gasteiger partial charge in [-0.15, -0.1) is 0 Å². The van der Waals surface area contributed by atoms with E-state index in [-0.39, 0.29) is 5.92 Å². The lowest BCUT2D eigenvalue weighted by Crippen LogP contribution is -2.68. The predicted octanol–water partition coefficient (Wildman–Crippen LogP) is -1.68. The Hall–Kier alpha value is -0.240. The minimum absolute atomic E-state index is 0.0380. The Morgan fingerprint density at radius 2 is 1.05 bits per heavy atom. The molecule has 0 aliphatic heterocycles. The quantitative estimate of drug-likeness (QED) is 0.343. The first-order valence-electron chi connectivity index (χ1n) is 7.28. The lowest BCUT2D eigenvalue weighted by Gasteiger charge is -2.56. The van der Waals surface area contributed by atoms with Crippen molar-refractivity contribution in [1.82, 2.24) is 0 Å². The average molecular weight is 290 g/mol. The van der Waals surface area contributed by atoms with E-state index in [0.29, 0.717) is 0 Å². The summed E-state index contributed by atoms with van der Waals surface area (Å²) in [7, 11) is 0. The summed E-state index contributed by atoms with van der Waals surface area (Å²) in [6.45, 7) is 5.41. The Labute approximate surface area is 118 Å². The monoisotopic (exact) mass is 290 g/mol. The zero-order valence-electron chi connectivity index (χ0n) is 12.0. The average Bonchev–Trinajstić information content (AvgIpc) is 2.39. The van der Waals surface area contributed by atoms with Gasteiger partial charge >= 0.3 is 0 Å². The molecule has 6 heteroatoms. The highest BCUT2D eigenvalue weighted by Crippen LogP contribution is 2.49. The summed E-state index contributed by atoms with van der Waals surface area (Å²) >= 11 is 0. The van der Waals surface area contributed by atoms with Crippen LogP contribution in [0.1, 0.15) is 20.8 Å². The van der Waals surface area contributed by atoms with Gasteiger partial charge in [0.15, 0.2) is 0 Å². The van der Waals surface area contributed by atoms with Gasteiger partial charge in [-0.05, 0) is 29.6 Å². The summed E-state index contributed by atoms with van der Waals surface area (Å²) in [6.07, 6.45) is -7.37. The normalized spacial score (nSPS) is 56.7. The van der Waals surface area contributed by atoms with Crippen molar-refractivity contribution in [2.75, 3.05) is 0 Å². The second-order valence-electron chi connectivity index (χ2n) is 6.78. The first kappa shape index (κ1) is 16.1. The first-order chi connectivity index (χ1) is 9.20. The van der Waals surface area contributed by atoms with Crippen molar-refractivity contribution in [1.29, 1.82) is 0 Å². The highest BCUT2D eigenvalue weighted by molar-refractivity contribution is 5.08. The number of hydrogen-bond donors (Lipinski definition) is 6. The van der Waals surface area contributed by atoms with Crippen LogP contribution in [0.4, 0.5) is 0 Å². The topological polar surface area (TPSA) is 121 Å². The number of aliphatic hydroxyl groups excluding tert-OH is 6. The van der Waals surface area contributed by atoms with E-state index >= 15 is 0 Å². The number of fused-ring (bicyclic) bond motifs is 1. The van der Waals surface area contributed by atoms with Gasteiger partial charge in [-0.3, -0.25) is 0 Å². The maximum absolute atomic E-state index is 10.3. The first-order valence-corrected chi connectivity index (χ1v) is 7.28. The third-order valence-corrected chi connectivity index (χ3v) is 5.39. The van der Waals surface area contributed by atoms with Crippen LogP contribution in [-0.2, 0) is 0 Å². The molecular formula is C14H26O6. The molecule has 0 saturated heterocycles. The van der Waals surface area contributed by atoms with E-state index in [4.69, 9.17) is 0 Å². The molecule has 0 amide bonds. The Balaban J connectivity index is 2.43. The molecule has 0 heterocycles. The van der Waals surface area contributed by atoms with E-state index in [0.717, 1.165) is 0 Å². The summed E-state index contributed by atoms with van der Waals surface area (Å²) in [4.78, 5) is 0. The fourth-order valence-electron chi connectivity index (χ4n) is 4.29. The Bertz CT molecular complexity index is 345. The summed E-state index contributed by atoms with van der Waals surface area (Å²) in [5.74, 6) is -2.08. The van der Waals surface area contributed by atoms with Crippen LogP contribution >= 0.6 is 0 Å². The van der Waals surface area contributed by atoms with Crippen LogP contribution in [0.3, 0.4) is 0 Å². The van der Waals surface area contributed by atoms with Crippen LogP contribution in [0.15, 0.2) is 0 Å². The van der Waals surface area contributed by atoms with Crippen molar-refractivity contribution in [3.05, 3.63) is 0 Å². The van der Waals surface area contributed by atoms with E-state index in [1.807, 2.05) is 13.8 Å². The van der Waals surface area contributed by atoms with Gasteiger partial charge in [-0.2, -0.15) is 0 Å². The van der Waals surface area contributed by atoms with E-state index < -0.39 is 60.3 Å². The second-order valence-corrected chi connectivity index (χ2v) is 6.78. The number of hydrogen-bond acceptors (Lipinski definition) is 6. The Kier molecular flexibility index (Phi) is 4.45. The third-order valence-electron chi connectivity index (χ3n) is 5.39. The summed E-state index contributed by atoms with van der Waals surface area (Å²) in [5.41, 5.74) is 0. The lowest BCUT2D eigenvalue weighted by atomic mass is 9.54. The van der Waals surface area contributed by atoms with Crippen molar-refractivity contribution >= 4 is 0 Å². The van der Waals surface area contributed by atoms with E-state index in [1.165, 1.54) is 0 Å². The molecule has 0 radical (unpaired) electrons. The van der Waals surface area contributed by atoms with E-state index in [2.05, 4.69) is 0 Å². The van der Waals surface area contributed by atoms with Gasteiger partial charge in [0.1, 0.15) is 12.2 Å². The van der Waals surface area contributed by atoms with Crippen molar-refractivity contribution in [2.24, 2.45) is 29.6 Å². The minimum Gasteiger partial charge on any atom is -0.390 e. The maximum Gasteiger partial charge on any atom is 0.109 e. The van der Waals surface area contributed by atoms with Gasteiger partial charge in [0.05, 0.1) is 24.4 Å². The van der Waals surface area contributed by atoms with Crippen molar-refractivity contribution in [3.63, 3.8) is 0 Å². The molecule has 0 bridgehead atoms. The number of rotatable bonds is 1. The molecule has 6 nitrogen and oxygen atoms in total. The lowest BCUT2D eigenvalue weighted by molar-refractivity contribution is -0.249. The second kappa shape index (κ2) is 5.51. The van der Waals surface area contributed by atoms with E-state index in [1.54, 1.807) is 6.92 Å². The van der Waals surface area contributed by atoms with Gasteiger partial charge < -0.3 is 30.6 Å². The van der Waals surface area contributed by atoms with E-state index in [9.17, 15) is 30.6 Å². The SMILES string of the molecule is CC(C)C1C(O)C(O)C(C)C2C(O)C(O)C(O)C(O)C12. The van der Waals surface area contributed by atoms with Crippen molar-refractivity contribution in [3.8, 4) is 0 Å². The smallest absolute Gasteiger partial charge is 0.109 e. The molecular weight excluding hydrogens is 264 g/mol. The summed E-state index contributed by atoms with van der Waals surface area (Å²) in [6, 6.07) is 0. The molecule has 2 aliphatic carbocycles. The van der Waals surface area contributed by atoms with Crippen LogP contribution in [0, 0.1) is 29.6 Å². The third kappa shape index (κ3) is 2.19. The van der Waals surface area contributed by atoms with Gasteiger partial charge in [0, 0.05) is 0 Å². The van der Waals surface area contributed by atoms with Crippen LogP contribution < -0.4 is 0 Å². The van der Waals surface area contributed by atoms with Crippen molar-refractivity contribution in [2.45, 2.75) is 57.4 Å². The fraction of sp³-hybridized carbons (Fsp3) is 1.00. The molecule has 10 atom stereocenters. The molecule has 2 aliphatic rings. The maximum atomic E-state index is 10.3. The van der Waals surface area contributed by atoms with Gasteiger partial charge in [0.2, 0.25) is 0 Å². The minimum atomic E-state index is -1.44. The molecule has 118 valence electrons. The standard InChI is InChI=1S/C14H26O6/c1-4(2)6-8-7(5(3)9(15)10(6)16)11(17)13(19)14(20)12(8)18/h4-20H,1-3H3. The largest absolute Gasteiger partial charge is 0.390 e. The zero-order chi connectivity index (χ0) is 15.4. The molecule has 0 spiro atoms. The highest BCUT2D eigenvalue weighted by Gasteiger charge is 2.59. The number of aliphatic hydroxyl groups is 6. The molecule has 10 unspecified atom stereocenters. The van der Waals surface area contributed by atoms with Gasteiger partial charge in [-0.1, -0.05) is 20.8 Å². The molecule has 2 fully saturated rings. The van der Waals surface area contributed by atoms with Crippen LogP contribution in [0.2, 0.25) is 0 Å². The molecule has 0 aromatic rings. The molecule has 2 rings (SSSR count). The highest BCUT2D eigenvalue weighted by atomic mass is 16.4. The van der Waals surface area contributed by atoms with Gasteiger partial charge in [-0.25, -0.2) is 0 Å². The molecule has 0 aromatic heterocycles. The Morgan fingerprint density at radius 1 is 0.600 bits per heavy atom. The fourth-order valence-corrected chi connectivity index (χ4v) is 4.29.